The van der Waals surface area contributed by atoms with Crippen molar-refractivity contribution in [3.05, 3.63) is 83.3 Å². The second-order valence-electron chi connectivity index (χ2n) is 7.83. The molecule has 4 aromatic rings. The third kappa shape index (κ3) is 3.98. The van der Waals surface area contributed by atoms with Crippen molar-refractivity contribution in [2.75, 3.05) is 29.5 Å². The van der Waals surface area contributed by atoms with E-state index in [0.29, 0.717) is 23.9 Å². The van der Waals surface area contributed by atoms with Crippen molar-refractivity contribution in [1.29, 1.82) is 5.26 Å². The SMILES string of the molecule is CSNc1cc(-c2ccc3ncc(C#N)c(NC4(c5ccccc5)COC4)c3c2)cnc1Cl. The number of nitrogens with one attached hydrogen (secondary N) is 2. The van der Waals surface area contributed by atoms with E-state index in [1.165, 1.54) is 11.9 Å². The number of halogens is 1. The Balaban J connectivity index is 1.63. The number of nitrogens with zero attached hydrogens (tertiary/aromatic N) is 3. The van der Waals surface area contributed by atoms with Gasteiger partial charge in [-0.25, -0.2) is 4.98 Å². The number of aromatic nitrogens is 2. The topological polar surface area (TPSA) is 82.9 Å². The maximum absolute atomic E-state index is 9.85. The second kappa shape index (κ2) is 8.91. The molecule has 0 saturated carbocycles. The van der Waals surface area contributed by atoms with Crippen molar-refractivity contribution in [1.82, 2.24) is 9.97 Å². The molecule has 0 aliphatic carbocycles. The molecule has 0 amide bonds. The highest BCUT2D eigenvalue weighted by Crippen LogP contribution is 2.38. The molecule has 0 unspecified atom stereocenters. The first-order valence-corrected chi connectivity index (χ1v) is 11.9. The number of pyridine rings is 2. The Labute approximate surface area is 201 Å². The molecule has 2 N–H and O–H groups in total. The first kappa shape index (κ1) is 21.5. The van der Waals surface area contributed by atoms with E-state index in [4.69, 9.17) is 16.3 Å². The van der Waals surface area contributed by atoms with E-state index in [1.54, 1.807) is 12.4 Å². The Kier molecular flexibility index (Phi) is 5.81. The summed E-state index contributed by atoms with van der Waals surface area (Å²) in [5.74, 6) is 0. The fourth-order valence-corrected chi connectivity index (χ4v) is 4.57. The van der Waals surface area contributed by atoms with Crippen LogP contribution in [0.4, 0.5) is 11.4 Å². The van der Waals surface area contributed by atoms with Crippen LogP contribution in [0.5, 0.6) is 0 Å². The lowest BCUT2D eigenvalue weighted by atomic mass is 9.87. The van der Waals surface area contributed by atoms with E-state index in [2.05, 4.69) is 38.2 Å². The van der Waals surface area contributed by atoms with Crippen molar-refractivity contribution >= 4 is 45.8 Å². The highest BCUT2D eigenvalue weighted by atomic mass is 35.5. The normalized spacial score (nSPS) is 14.3. The third-order valence-corrected chi connectivity index (χ3v) is 6.49. The van der Waals surface area contributed by atoms with Crippen LogP contribution >= 0.6 is 23.5 Å². The van der Waals surface area contributed by atoms with Crippen LogP contribution in [0, 0.1) is 11.3 Å². The maximum Gasteiger partial charge on any atom is 0.152 e. The van der Waals surface area contributed by atoms with E-state index in [-0.39, 0.29) is 0 Å². The van der Waals surface area contributed by atoms with Crippen molar-refractivity contribution in [2.24, 2.45) is 0 Å². The summed E-state index contributed by atoms with van der Waals surface area (Å²) >= 11 is 7.67. The first-order chi connectivity index (χ1) is 16.1. The molecule has 1 saturated heterocycles. The van der Waals surface area contributed by atoms with Crippen LogP contribution in [-0.4, -0.2) is 29.4 Å². The summed E-state index contributed by atoms with van der Waals surface area (Å²) in [6.07, 6.45) is 5.29. The highest BCUT2D eigenvalue weighted by molar-refractivity contribution is 7.99. The predicted octanol–water partition coefficient (Wildman–Crippen LogP) is 5.85. The van der Waals surface area contributed by atoms with Gasteiger partial charge < -0.3 is 14.8 Å². The summed E-state index contributed by atoms with van der Waals surface area (Å²) in [4.78, 5) is 8.83. The second-order valence-corrected chi connectivity index (χ2v) is 8.80. The number of benzene rings is 2. The van der Waals surface area contributed by atoms with Crippen LogP contribution in [0.1, 0.15) is 11.1 Å². The summed E-state index contributed by atoms with van der Waals surface area (Å²) in [5.41, 5.74) is 5.38. The summed E-state index contributed by atoms with van der Waals surface area (Å²) in [6.45, 7) is 1.05. The Hall–Kier alpha value is -3.31. The van der Waals surface area contributed by atoms with Gasteiger partial charge in [-0.2, -0.15) is 5.26 Å². The zero-order chi connectivity index (χ0) is 22.8. The van der Waals surface area contributed by atoms with Crippen molar-refractivity contribution < 1.29 is 4.74 Å². The standard InChI is InChI=1S/C25H20ClN5OS/c1-33-31-22-10-17(12-29-24(22)26)16-7-8-21-20(9-16)23(18(11-27)13-28-21)30-25(14-32-15-25)19-5-3-2-4-6-19/h2-10,12-13,31H,14-15H2,1H3,(H,28,30). The van der Waals surface area contributed by atoms with Gasteiger partial charge in [0.15, 0.2) is 5.15 Å². The van der Waals surface area contributed by atoms with Crippen LogP contribution in [0.3, 0.4) is 0 Å². The number of ether oxygens (including phenoxy) is 1. The molecule has 0 bridgehead atoms. The van der Waals surface area contributed by atoms with Gasteiger partial charge >= 0.3 is 0 Å². The van der Waals surface area contributed by atoms with Gasteiger partial charge in [-0.1, -0.05) is 59.9 Å². The Bertz CT molecular complexity index is 1370. The average molecular weight is 474 g/mol. The molecular formula is C25H20ClN5OS. The van der Waals surface area contributed by atoms with E-state index < -0.39 is 5.54 Å². The molecule has 5 rings (SSSR count). The molecule has 2 aromatic heterocycles. The first-order valence-electron chi connectivity index (χ1n) is 10.3. The molecular weight excluding hydrogens is 454 g/mol. The van der Waals surface area contributed by atoms with E-state index >= 15 is 0 Å². The monoisotopic (exact) mass is 473 g/mol. The van der Waals surface area contributed by atoms with Crippen molar-refractivity contribution in [2.45, 2.75) is 5.54 Å². The Morgan fingerprint density at radius 2 is 1.88 bits per heavy atom. The van der Waals surface area contributed by atoms with Crippen LogP contribution in [0.25, 0.3) is 22.0 Å². The summed E-state index contributed by atoms with van der Waals surface area (Å²) in [5, 5.41) is 14.8. The molecule has 0 atom stereocenters. The molecule has 1 fully saturated rings. The van der Waals surface area contributed by atoms with Gasteiger partial charge in [-0.05, 0) is 29.3 Å². The maximum atomic E-state index is 9.85. The number of rotatable bonds is 6. The zero-order valence-corrected chi connectivity index (χ0v) is 19.4. The lowest BCUT2D eigenvalue weighted by Crippen LogP contribution is -2.53. The number of anilines is 2. The van der Waals surface area contributed by atoms with Crippen LogP contribution in [-0.2, 0) is 10.3 Å². The van der Waals surface area contributed by atoms with Crippen LogP contribution in [0.2, 0.25) is 5.15 Å². The van der Waals surface area contributed by atoms with Gasteiger partial charge in [0.25, 0.3) is 0 Å². The molecule has 8 heteroatoms. The largest absolute Gasteiger partial charge is 0.376 e. The molecule has 164 valence electrons. The molecule has 2 aromatic carbocycles. The molecule has 33 heavy (non-hydrogen) atoms. The Morgan fingerprint density at radius 1 is 1.06 bits per heavy atom. The van der Waals surface area contributed by atoms with E-state index in [0.717, 1.165) is 39.0 Å². The number of fused-ring (bicyclic) bond motifs is 1. The minimum atomic E-state index is -0.394. The smallest absolute Gasteiger partial charge is 0.152 e. The molecule has 1 aliphatic heterocycles. The highest BCUT2D eigenvalue weighted by Gasteiger charge is 2.41. The van der Waals surface area contributed by atoms with E-state index in [9.17, 15) is 5.26 Å². The fraction of sp³-hybridized carbons (Fsp3) is 0.160. The minimum Gasteiger partial charge on any atom is -0.376 e. The van der Waals surface area contributed by atoms with Gasteiger partial charge in [0.1, 0.15) is 11.6 Å². The van der Waals surface area contributed by atoms with Crippen molar-refractivity contribution in [3.63, 3.8) is 0 Å². The fourth-order valence-electron chi connectivity index (χ4n) is 3.99. The van der Waals surface area contributed by atoms with Crippen LogP contribution < -0.4 is 10.0 Å². The third-order valence-electron chi connectivity index (χ3n) is 5.76. The predicted molar refractivity (Wildman–Crippen MR) is 134 cm³/mol. The minimum absolute atomic E-state index is 0.394. The Morgan fingerprint density at radius 3 is 2.58 bits per heavy atom. The lowest BCUT2D eigenvalue weighted by molar-refractivity contribution is -0.0446. The van der Waals surface area contributed by atoms with E-state index in [1.807, 2.05) is 48.7 Å². The number of hydrogen-bond acceptors (Lipinski definition) is 7. The summed E-state index contributed by atoms with van der Waals surface area (Å²) in [6, 6.07) is 20.4. The zero-order valence-electron chi connectivity index (χ0n) is 17.8. The van der Waals surface area contributed by atoms with Gasteiger partial charge in [0.2, 0.25) is 0 Å². The molecule has 0 spiro atoms. The molecule has 0 radical (unpaired) electrons. The quantitative estimate of drug-likeness (QED) is 0.268. The number of nitriles is 1. The van der Waals surface area contributed by atoms with Gasteiger partial charge in [-0.3, -0.25) is 4.98 Å². The lowest BCUT2D eigenvalue weighted by Gasteiger charge is -2.43. The molecule has 6 nitrogen and oxygen atoms in total. The van der Waals surface area contributed by atoms with Crippen molar-refractivity contribution in [3.8, 4) is 17.2 Å². The molecule has 3 heterocycles. The average Bonchev–Trinajstić information content (AvgIpc) is 2.83. The molecule has 1 aliphatic rings. The van der Waals surface area contributed by atoms with Gasteiger partial charge in [0.05, 0.1) is 35.7 Å². The number of hydrogen-bond donors (Lipinski definition) is 2. The van der Waals surface area contributed by atoms with Gasteiger partial charge in [-0.15, -0.1) is 0 Å². The van der Waals surface area contributed by atoms with Gasteiger partial charge in [0, 0.05) is 29.6 Å². The summed E-state index contributed by atoms with van der Waals surface area (Å²) in [7, 11) is 0. The summed E-state index contributed by atoms with van der Waals surface area (Å²) < 4.78 is 8.76. The van der Waals surface area contributed by atoms with Crippen LogP contribution in [0.15, 0.2) is 67.0 Å².